The molecule has 0 bridgehead atoms. The molecule has 0 saturated heterocycles. The van der Waals surface area contributed by atoms with Crippen LogP contribution >= 0.6 is 0 Å². The van der Waals surface area contributed by atoms with E-state index in [0.29, 0.717) is 5.92 Å². The molecule has 2 amide bonds. The Morgan fingerprint density at radius 1 is 1.17 bits per heavy atom. The molecular weight excluding hydrogens is 286 g/mol. The lowest BCUT2D eigenvalue weighted by atomic mass is 9.97. The molecule has 1 aliphatic rings. The van der Waals surface area contributed by atoms with Crippen LogP contribution in [-0.2, 0) is 6.54 Å². The number of hydrogen-bond donors (Lipinski definition) is 1. The summed E-state index contributed by atoms with van der Waals surface area (Å²) in [7, 11) is 0. The van der Waals surface area contributed by atoms with Crippen LogP contribution < -0.4 is 5.32 Å². The van der Waals surface area contributed by atoms with Crippen LogP contribution in [0.2, 0.25) is 0 Å². The van der Waals surface area contributed by atoms with Crippen molar-refractivity contribution in [3.8, 4) is 0 Å². The largest absolute Gasteiger partial charge is 0.348 e. The summed E-state index contributed by atoms with van der Waals surface area (Å²) >= 11 is 0. The maximum absolute atomic E-state index is 12.9. The van der Waals surface area contributed by atoms with Crippen molar-refractivity contribution in [3.63, 3.8) is 0 Å². The number of aryl methyl sites for hydroxylation is 1. The SMILES string of the molecule is Cc1cccc(NC(=O)N2CCn3cccc3[C@H]2C(C)C)c1C. The standard InChI is InChI=1S/C19H25N3O/c1-13(2)18-17-9-6-10-21(17)11-12-22(18)19(23)20-16-8-5-7-14(3)15(16)4/h5-10,13,18H,11-12H2,1-4H3,(H,20,23)/t18-/m1/s1. The van der Waals surface area contributed by atoms with Gasteiger partial charge < -0.3 is 14.8 Å². The Hall–Kier alpha value is -2.23. The summed E-state index contributed by atoms with van der Waals surface area (Å²) in [6, 6.07) is 10.3. The zero-order valence-corrected chi connectivity index (χ0v) is 14.3. The summed E-state index contributed by atoms with van der Waals surface area (Å²) in [5.41, 5.74) is 4.44. The zero-order valence-electron chi connectivity index (χ0n) is 14.3. The topological polar surface area (TPSA) is 37.3 Å². The van der Waals surface area contributed by atoms with Crippen LogP contribution in [0.25, 0.3) is 0 Å². The Morgan fingerprint density at radius 3 is 2.70 bits per heavy atom. The fourth-order valence-electron chi connectivity index (χ4n) is 3.42. The minimum Gasteiger partial charge on any atom is -0.348 e. The average molecular weight is 311 g/mol. The van der Waals surface area contributed by atoms with E-state index in [1.54, 1.807) is 0 Å². The number of anilines is 1. The highest BCUT2D eigenvalue weighted by molar-refractivity contribution is 5.90. The Bertz CT molecular complexity index is 717. The van der Waals surface area contributed by atoms with Gasteiger partial charge in [0.25, 0.3) is 0 Å². The second-order valence-electron chi connectivity index (χ2n) is 6.69. The number of rotatable bonds is 2. The fraction of sp³-hybridized carbons (Fsp3) is 0.421. The summed E-state index contributed by atoms with van der Waals surface area (Å²) < 4.78 is 2.26. The number of aromatic nitrogens is 1. The summed E-state index contributed by atoms with van der Waals surface area (Å²) in [6.07, 6.45) is 2.10. The van der Waals surface area contributed by atoms with Gasteiger partial charge in [0.1, 0.15) is 0 Å². The van der Waals surface area contributed by atoms with Crippen LogP contribution in [0.15, 0.2) is 36.5 Å². The lowest BCUT2D eigenvalue weighted by Crippen LogP contribution is -2.45. The van der Waals surface area contributed by atoms with Crippen molar-refractivity contribution >= 4 is 11.7 Å². The molecule has 4 heteroatoms. The van der Waals surface area contributed by atoms with Gasteiger partial charge in [-0.15, -0.1) is 0 Å². The molecule has 0 unspecified atom stereocenters. The smallest absolute Gasteiger partial charge is 0.322 e. The molecule has 122 valence electrons. The van der Waals surface area contributed by atoms with E-state index < -0.39 is 0 Å². The number of fused-ring (bicyclic) bond motifs is 1. The van der Waals surface area contributed by atoms with Gasteiger partial charge >= 0.3 is 6.03 Å². The van der Waals surface area contributed by atoms with E-state index in [1.165, 1.54) is 11.3 Å². The third-order valence-electron chi connectivity index (χ3n) is 4.82. The van der Waals surface area contributed by atoms with E-state index in [9.17, 15) is 4.79 Å². The molecule has 1 aromatic heterocycles. The summed E-state index contributed by atoms with van der Waals surface area (Å²) in [5, 5.41) is 3.11. The summed E-state index contributed by atoms with van der Waals surface area (Å²) in [6.45, 7) is 10.0. The third kappa shape index (κ3) is 2.85. The lowest BCUT2D eigenvalue weighted by Gasteiger charge is -2.39. The van der Waals surface area contributed by atoms with Crippen LogP contribution in [0.3, 0.4) is 0 Å². The van der Waals surface area contributed by atoms with Crippen molar-refractivity contribution < 1.29 is 4.79 Å². The minimum atomic E-state index is -0.00940. The van der Waals surface area contributed by atoms with Gasteiger partial charge in [-0.25, -0.2) is 4.79 Å². The van der Waals surface area contributed by atoms with Gasteiger partial charge in [0.2, 0.25) is 0 Å². The third-order valence-corrected chi connectivity index (χ3v) is 4.82. The first kappa shape index (κ1) is 15.7. The molecular formula is C19H25N3O. The summed E-state index contributed by atoms with van der Waals surface area (Å²) in [4.78, 5) is 14.9. The van der Waals surface area contributed by atoms with Crippen LogP contribution in [0.5, 0.6) is 0 Å². The van der Waals surface area contributed by atoms with Crippen molar-refractivity contribution in [2.45, 2.75) is 40.3 Å². The van der Waals surface area contributed by atoms with Crippen LogP contribution in [0.1, 0.15) is 36.7 Å². The molecule has 2 aromatic rings. The molecule has 4 nitrogen and oxygen atoms in total. The molecule has 1 aromatic carbocycles. The minimum absolute atomic E-state index is 0.00940. The predicted octanol–water partition coefficient (Wildman–Crippen LogP) is 4.35. The average Bonchev–Trinajstić information content (AvgIpc) is 2.98. The van der Waals surface area contributed by atoms with E-state index in [4.69, 9.17) is 0 Å². The number of carbonyl (C=O) groups is 1. The van der Waals surface area contributed by atoms with Gasteiger partial charge in [-0.3, -0.25) is 0 Å². The van der Waals surface area contributed by atoms with Gasteiger partial charge in [0.15, 0.2) is 0 Å². The molecule has 0 saturated carbocycles. The van der Waals surface area contributed by atoms with E-state index in [-0.39, 0.29) is 12.1 Å². The van der Waals surface area contributed by atoms with E-state index in [1.807, 2.05) is 24.0 Å². The van der Waals surface area contributed by atoms with E-state index >= 15 is 0 Å². The highest BCUT2D eigenvalue weighted by Gasteiger charge is 2.33. The van der Waals surface area contributed by atoms with Crippen molar-refractivity contribution in [2.24, 2.45) is 5.92 Å². The van der Waals surface area contributed by atoms with Gasteiger partial charge in [-0.1, -0.05) is 26.0 Å². The molecule has 1 atom stereocenters. The Morgan fingerprint density at radius 2 is 1.96 bits per heavy atom. The van der Waals surface area contributed by atoms with Crippen LogP contribution in [0, 0.1) is 19.8 Å². The molecule has 1 aliphatic heterocycles. The number of hydrogen-bond acceptors (Lipinski definition) is 1. The number of benzene rings is 1. The van der Waals surface area contributed by atoms with Gasteiger partial charge in [-0.2, -0.15) is 0 Å². The molecule has 1 N–H and O–H groups in total. The molecule has 2 heterocycles. The first-order chi connectivity index (χ1) is 11.0. The highest BCUT2D eigenvalue weighted by atomic mass is 16.2. The molecule has 0 fully saturated rings. The van der Waals surface area contributed by atoms with E-state index in [0.717, 1.165) is 24.3 Å². The number of carbonyl (C=O) groups excluding carboxylic acids is 1. The maximum atomic E-state index is 12.9. The van der Waals surface area contributed by atoms with Gasteiger partial charge in [0.05, 0.1) is 6.04 Å². The molecule has 23 heavy (non-hydrogen) atoms. The molecule has 0 spiro atoms. The van der Waals surface area contributed by atoms with E-state index in [2.05, 4.69) is 55.1 Å². The normalized spacial score (nSPS) is 17.3. The van der Waals surface area contributed by atoms with Crippen molar-refractivity contribution in [1.29, 1.82) is 0 Å². The van der Waals surface area contributed by atoms with Crippen molar-refractivity contribution in [2.75, 3.05) is 11.9 Å². The highest BCUT2D eigenvalue weighted by Crippen LogP contribution is 2.33. The monoisotopic (exact) mass is 311 g/mol. The summed E-state index contributed by atoms with van der Waals surface area (Å²) in [5.74, 6) is 0.369. The predicted molar refractivity (Wildman–Crippen MR) is 93.7 cm³/mol. The number of nitrogens with zero attached hydrogens (tertiary/aromatic N) is 2. The fourth-order valence-corrected chi connectivity index (χ4v) is 3.42. The molecule has 0 radical (unpaired) electrons. The second kappa shape index (κ2) is 6.11. The maximum Gasteiger partial charge on any atom is 0.322 e. The molecule has 0 aliphatic carbocycles. The second-order valence-corrected chi connectivity index (χ2v) is 6.69. The number of urea groups is 1. The lowest BCUT2D eigenvalue weighted by molar-refractivity contribution is 0.144. The first-order valence-electron chi connectivity index (χ1n) is 8.28. The first-order valence-corrected chi connectivity index (χ1v) is 8.28. The number of amides is 2. The van der Waals surface area contributed by atoms with Gasteiger partial charge in [0, 0.05) is 30.7 Å². The quantitative estimate of drug-likeness (QED) is 0.879. The van der Waals surface area contributed by atoms with Gasteiger partial charge in [-0.05, 0) is 49.1 Å². The van der Waals surface area contributed by atoms with Crippen LogP contribution in [-0.4, -0.2) is 22.0 Å². The van der Waals surface area contributed by atoms with Crippen LogP contribution in [0.4, 0.5) is 10.5 Å². The Kier molecular flexibility index (Phi) is 4.16. The molecule has 3 rings (SSSR count). The Labute approximate surface area is 138 Å². The zero-order chi connectivity index (χ0) is 16.6. The van der Waals surface area contributed by atoms with Crippen molar-refractivity contribution in [3.05, 3.63) is 53.3 Å². The Balaban J connectivity index is 1.86. The van der Waals surface area contributed by atoms with Crippen molar-refractivity contribution in [1.82, 2.24) is 9.47 Å². The number of nitrogens with one attached hydrogen (secondary N) is 1.